The van der Waals surface area contributed by atoms with E-state index in [1.165, 1.54) is 7.05 Å². The average Bonchev–Trinajstić information content (AvgIpc) is 3.20. The van der Waals surface area contributed by atoms with Gasteiger partial charge in [0.2, 0.25) is 0 Å². The van der Waals surface area contributed by atoms with Crippen LogP contribution in [0.4, 0.5) is 0 Å². The summed E-state index contributed by atoms with van der Waals surface area (Å²) < 4.78 is 7.06. The van der Waals surface area contributed by atoms with Crippen LogP contribution < -0.4 is 4.74 Å². The van der Waals surface area contributed by atoms with Gasteiger partial charge in [0.15, 0.2) is 0 Å². The molecule has 1 aromatic heterocycles. The molecule has 0 spiro atoms. The van der Waals surface area contributed by atoms with Crippen molar-refractivity contribution < 1.29 is 14.7 Å². The lowest BCUT2D eigenvalue weighted by Crippen LogP contribution is -2.27. The summed E-state index contributed by atoms with van der Waals surface area (Å²) in [5, 5.41) is 10.9. The molecule has 152 valence electrons. The molecule has 30 heavy (non-hydrogen) atoms. The van der Waals surface area contributed by atoms with Gasteiger partial charge in [-0.3, -0.25) is 10.0 Å². The number of hydrogen-bond acceptors (Lipinski definition) is 5. The van der Waals surface area contributed by atoms with Gasteiger partial charge in [-0.25, -0.2) is 10.0 Å². The lowest BCUT2D eigenvalue weighted by atomic mass is 9.97. The highest BCUT2D eigenvalue weighted by molar-refractivity contribution is 7.18. The van der Waals surface area contributed by atoms with Crippen molar-refractivity contribution in [3.05, 3.63) is 83.4 Å². The molecular formula is C24H22N2O3S. The quantitative estimate of drug-likeness (QED) is 0.332. The summed E-state index contributed by atoms with van der Waals surface area (Å²) in [6.07, 6.45) is 0. The summed E-state index contributed by atoms with van der Waals surface area (Å²) in [5.74, 6) is 0.0598. The van der Waals surface area contributed by atoms with Gasteiger partial charge in [-0.1, -0.05) is 48.5 Å². The number of carbonyl (C=O) groups is 1. The monoisotopic (exact) mass is 418 g/mol. The predicted molar refractivity (Wildman–Crippen MR) is 119 cm³/mol. The van der Waals surface area contributed by atoms with E-state index in [1.54, 1.807) is 18.3 Å². The third kappa shape index (κ3) is 4.35. The first-order valence-corrected chi connectivity index (χ1v) is 10.5. The summed E-state index contributed by atoms with van der Waals surface area (Å²) in [6.45, 7) is 2.22. The van der Waals surface area contributed by atoms with Crippen molar-refractivity contribution in [1.82, 2.24) is 10.0 Å². The minimum atomic E-state index is -0.396. The van der Waals surface area contributed by atoms with Gasteiger partial charge in [-0.05, 0) is 47.9 Å². The number of fused-ring (bicyclic) bond motifs is 1. The molecule has 0 aliphatic rings. The van der Waals surface area contributed by atoms with E-state index in [9.17, 15) is 10.0 Å². The van der Waals surface area contributed by atoms with Crippen LogP contribution in [-0.2, 0) is 11.4 Å². The largest absolute Gasteiger partial charge is 0.486 e. The third-order valence-corrected chi connectivity index (χ3v) is 6.00. The number of hydrogen-bond donors (Lipinski definition) is 1. The molecule has 1 N–H and O–H groups in total. The lowest BCUT2D eigenvalue weighted by molar-refractivity contribution is -0.160. The van der Waals surface area contributed by atoms with Crippen LogP contribution in [0.15, 0.2) is 72.8 Å². The minimum absolute atomic E-state index is 0.336. The van der Waals surface area contributed by atoms with Crippen molar-refractivity contribution in [3.63, 3.8) is 0 Å². The van der Waals surface area contributed by atoms with Crippen molar-refractivity contribution in [3.8, 4) is 16.9 Å². The van der Waals surface area contributed by atoms with E-state index in [4.69, 9.17) is 4.74 Å². The lowest BCUT2D eigenvalue weighted by Gasteiger charge is -2.15. The van der Waals surface area contributed by atoms with Gasteiger partial charge in [-0.2, -0.15) is 0 Å². The number of thiazole rings is 1. The van der Waals surface area contributed by atoms with Crippen molar-refractivity contribution in [2.45, 2.75) is 19.4 Å². The van der Waals surface area contributed by atoms with E-state index in [-0.39, 0.29) is 5.91 Å². The Morgan fingerprint density at radius 3 is 2.30 bits per heavy atom. The number of likely N-dealkylation sites (N-methyl/N-ethyl adjacent to an activating group) is 1. The fourth-order valence-electron chi connectivity index (χ4n) is 3.26. The molecule has 4 aromatic rings. The number of para-hydroxylation sites is 1. The van der Waals surface area contributed by atoms with E-state index < -0.39 is 5.92 Å². The van der Waals surface area contributed by atoms with Gasteiger partial charge >= 0.3 is 0 Å². The summed E-state index contributed by atoms with van der Waals surface area (Å²) in [6, 6.07) is 23.8. The van der Waals surface area contributed by atoms with Gasteiger partial charge in [0.25, 0.3) is 5.91 Å². The smallest absolute Gasteiger partial charge is 0.252 e. The van der Waals surface area contributed by atoms with Gasteiger partial charge in [0, 0.05) is 7.05 Å². The SMILES string of the molecule is CC(C(=O)N(C)O)c1ccc(-c2ccc(OCc3nc4ccccc4s3)cc2)cc1. The number of carbonyl (C=O) groups excluding carboxylic acids is 1. The first-order chi connectivity index (χ1) is 14.5. The first kappa shape index (κ1) is 20.1. The molecule has 1 unspecified atom stereocenters. The minimum Gasteiger partial charge on any atom is -0.486 e. The molecule has 3 aromatic carbocycles. The number of rotatable bonds is 6. The summed E-state index contributed by atoms with van der Waals surface area (Å²) >= 11 is 1.65. The molecule has 1 heterocycles. The molecule has 0 saturated carbocycles. The second kappa shape index (κ2) is 8.65. The second-order valence-corrected chi connectivity index (χ2v) is 8.21. The zero-order valence-electron chi connectivity index (χ0n) is 16.8. The molecule has 1 atom stereocenters. The van der Waals surface area contributed by atoms with E-state index in [0.29, 0.717) is 11.7 Å². The zero-order valence-corrected chi connectivity index (χ0v) is 17.6. The maximum Gasteiger partial charge on any atom is 0.252 e. The van der Waals surface area contributed by atoms with Crippen LogP contribution in [-0.4, -0.2) is 28.2 Å². The normalized spacial score (nSPS) is 12.0. The molecule has 0 radical (unpaired) electrons. The number of ether oxygens (including phenoxy) is 1. The standard InChI is InChI=1S/C24H22N2O3S/c1-16(24(27)26(2)28)17-7-9-18(10-8-17)19-11-13-20(14-12-19)29-15-23-25-21-5-3-4-6-22(21)30-23/h3-14,16,28H,15H2,1-2H3. The predicted octanol–water partition coefficient (Wildman–Crippen LogP) is 5.49. The average molecular weight is 419 g/mol. The molecular weight excluding hydrogens is 396 g/mol. The molecule has 0 saturated heterocycles. The van der Waals surface area contributed by atoms with E-state index in [1.807, 2.05) is 66.7 Å². The Morgan fingerprint density at radius 2 is 1.67 bits per heavy atom. The number of benzene rings is 3. The molecule has 0 aliphatic carbocycles. The Balaban J connectivity index is 1.41. The molecule has 5 nitrogen and oxygen atoms in total. The van der Waals surface area contributed by atoms with Crippen molar-refractivity contribution in [2.24, 2.45) is 0 Å². The Kier molecular flexibility index (Phi) is 5.79. The van der Waals surface area contributed by atoms with Crippen LogP contribution in [0.25, 0.3) is 21.3 Å². The number of aromatic nitrogens is 1. The van der Waals surface area contributed by atoms with E-state index in [0.717, 1.165) is 37.7 Å². The number of hydroxylamine groups is 2. The molecule has 4 rings (SSSR count). The van der Waals surface area contributed by atoms with Gasteiger partial charge < -0.3 is 4.74 Å². The van der Waals surface area contributed by atoms with Gasteiger partial charge in [-0.15, -0.1) is 11.3 Å². The van der Waals surface area contributed by atoms with Gasteiger partial charge in [0.1, 0.15) is 17.4 Å². The highest BCUT2D eigenvalue weighted by atomic mass is 32.1. The zero-order chi connectivity index (χ0) is 21.1. The highest BCUT2D eigenvalue weighted by Gasteiger charge is 2.18. The van der Waals surface area contributed by atoms with Crippen molar-refractivity contribution in [2.75, 3.05) is 7.05 Å². The van der Waals surface area contributed by atoms with Crippen LogP contribution in [0.5, 0.6) is 5.75 Å². The van der Waals surface area contributed by atoms with E-state index >= 15 is 0 Å². The molecule has 0 fully saturated rings. The summed E-state index contributed by atoms with van der Waals surface area (Å²) in [5.41, 5.74) is 3.97. The summed E-state index contributed by atoms with van der Waals surface area (Å²) in [7, 11) is 1.34. The molecule has 0 aliphatic heterocycles. The Morgan fingerprint density at radius 1 is 1.03 bits per heavy atom. The summed E-state index contributed by atoms with van der Waals surface area (Å²) in [4.78, 5) is 16.5. The fraction of sp³-hybridized carbons (Fsp3) is 0.167. The second-order valence-electron chi connectivity index (χ2n) is 7.09. The van der Waals surface area contributed by atoms with Crippen LogP contribution >= 0.6 is 11.3 Å². The molecule has 1 amide bonds. The van der Waals surface area contributed by atoms with Crippen LogP contribution in [0.2, 0.25) is 0 Å². The topological polar surface area (TPSA) is 62.7 Å². The highest BCUT2D eigenvalue weighted by Crippen LogP contribution is 2.27. The van der Waals surface area contributed by atoms with Crippen molar-refractivity contribution in [1.29, 1.82) is 0 Å². The number of amides is 1. The third-order valence-electron chi connectivity index (χ3n) is 4.99. The molecule has 6 heteroatoms. The fourth-order valence-corrected chi connectivity index (χ4v) is 4.14. The van der Waals surface area contributed by atoms with Crippen LogP contribution in [0, 0.1) is 0 Å². The van der Waals surface area contributed by atoms with Crippen molar-refractivity contribution >= 4 is 27.5 Å². The Labute approximate surface area is 179 Å². The first-order valence-electron chi connectivity index (χ1n) is 9.65. The van der Waals surface area contributed by atoms with Crippen LogP contribution in [0.3, 0.4) is 0 Å². The van der Waals surface area contributed by atoms with Crippen LogP contribution in [0.1, 0.15) is 23.4 Å². The Hall–Kier alpha value is -3.22. The molecule has 0 bridgehead atoms. The number of nitrogens with zero attached hydrogens (tertiary/aromatic N) is 2. The Bertz CT molecular complexity index is 1120. The van der Waals surface area contributed by atoms with E-state index in [2.05, 4.69) is 11.1 Å². The van der Waals surface area contributed by atoms with Gasteiger partial charge in [0.05, 0.1) is 16.1 Å². The maximum absolute atomic E-state index is 11.9. The maximum atomic E-state index is 11.9.